The molecule has 0 bridgehead atoms. The van der Waals surface area contributed by atoms with Crippen LogP contribution in [-0.2, 0) is 16.1 Å². The highest BCUT2D eigenvalue weighted by Crippen LogP contribution is 2.34. The van der Waals surface area contributed by atoms with Gasteiger partial charge in [-0.1, -0.05) is 12.1 Å². The molecule has 8 nitrogen and oxygen atoms in total. The largest absolute Gasteiger partial charge is 0.482 e. The molecule has 1 saturated heterocycles. The van der Waals surface area contributed by atoms with Gasteiger partial charge in [0.05, 0.1) is 5.69 Å². The van der Waals surface area contributed by atoms with Gasteiger partial charge in [0.25, 0.3) is 5.91 Å². The molecule has 0 saturated carbocycles. The molecule has 1 fully saturated rings. The first-order chi connectivity index (χ1) is 15.1. The third kappa shape index (κ3) is 4.03. The second kappa shape index (κ2) is 8.11. The van der Waals surface area contributed by atoms with Gasteiger partial charge in [0, 0.05) is 32.7 Å². The topological polar surface area (TPSA) is 71.6 Å². The molecule has 3 aliphatic heterocycles. The molecule has 5 rings (SSSR count). The fraction of sp³-hybridized carbons (Fsp3) is 0.391. The molecule has 0 aliphatic carbocycles. The molecule has 2 aromatic carbocycles. The molecular formula is C23H25N3O5. The Morgan fingerprint density at radius 1 is 0.935 bits per heavy atom. The predicted molar refractivity (Wildman–Crippen MR) is 113 cm³/mol. The Labute approximate surface area is 180 Å². The molecule has 3 heterocycles. The number of fused-ring (bicyclic) bond motifs is 2. The molecule has 0 atom stereocenters. The van der Waals surface area contributed by atoms with Crippen molar-refractivity contribution in [3.05, 3.63) is 47.5 Å². The van der Waals surface area contributed by atoms with Crippen molar-refractivity contribution in [3.8, 4) is 17.2 Å². The van der Waals surface area contributed by atoms with Gasteiger partial charge in [-0.15, -0.1) is 0 Å². The molecule has 0 N–H and O–H groups in total. The lowest BCUT2D eigenvalue weighted by Crippen LogP contribution is -2.52. The Morgan fingerprint density at radius 3 is 2.58 bits per heavy atom. The van der Waals surface area contributed by atoms with E-state index in [1.165, 1.54) is 0 Å². The number of aryl methyl sites for hydroxylation is 1. The summed E-state index contributed by atoms with van der Waals surface area (Å²) >= 11 is 0. The highest BCUT2D eigenvalue weighted by Gasteiger charge is 2.30. The van der Waals surface area contributed by atoms with Crippen molar-refractivity contribution >= 4 is 17.5 Å². The number of carbonyl (C=O) groups is 2. The quantitative estimate of drug-likeness (QED) is 0.747. The highest BCUT2D eigenvalue weighted by atomic mass is 16.7. The number of hydrogen-bond acceptors (Lipinski definition) is 6. The van der Waals surface area contributed by atoms with Crippen LogP contribution in [0.1, 0.15) is 11.1 Å². The minimum absolute atomic E-state index is 0.0347. The molecule has 0 radical (unpaired) electrons. The van der Waals surface area contributed by atoms with Crippen molar-refractivity contribution in [3.63, 3.8) is 0 Å². The van der Waals surface area contributed by atoms with Crippen molar-refractivity contribution < 1.29 is 23.8 Å². The van der Waals surface area contributed by atoms with E-state index >= 15 is 0 Å². The van der Waals surface area contributed by atoms with Crippen LogP contribution in [-0.4, -0.2) is 67.7 Å². The van der Waals surface area contributed by atoms with E-state index in [2.05, 4.69) is 4.90 Å². The van der Waals surface area contributed by atoms with Crippen molar-refractivity contribution in [1.82, 2.24) is 9.80 Å². The lowest BCUT2D eigenvalue weighted by Gasteiger charge is -2.36. The van der Waals surface area contributed by atoms with Crippen molar-refractivity contribution in [1.29, 1.82) is 0 Å². The predicted octanol–water partition coefficient (Wildman–Crippen LogP) is 1.79. The summed E-state index contributed by atoms with van der Waals surface area (Å²) in [7, 11) is 0. The first kappa shape index (κ1) is 19.7. The van der Waals surface area contributed by atoms with E-state index in [0.29, 0.717) is 24.5 Å². The minimum Gasteiger partial charge on any atom is -0.482 e. The zero-order valence-corrected chi connectivity index (χ0v) is 17.5. The molecule has 0 spiro atoms. The van der Waals surface area contributed by atoms with E-state index in [1.807, 2.05) is 48.2 Å². The standard InChI is InChI=1S/C23H25N3O5/c1-16-2-4-18-20(10-16)29-14-23(28)26(18)13-22(27)25-8-6-24(7-9-25)12-17-3-5-19-21(11-17)31-15-30-19/h2-5,10-11H,6-9,12-15H2,1H3. The molecule has 0 unspecified atom stereocenters. The molecule has 31 heavy (non-hydrogen) atoms. The lowest BCUT2D eigenvalue weighted by atomic mass is 10.1. The Hall–Kier alpha value is -3.26. The van der Waals surface area contributed by atoms with Crippen LogP contribution in [0.5, 0.6) is 17.2 Å². The van der Waals surface area contributed by atoms with Crippen LogP contribution >= 0.6 is 0 Å². The van der Waals surface area contributed by atoms with Gasteiger partial charge in [-0.05, 0) is 42.3 Å². The van der Waals surface area contributed by atoms with Crippen LogP contribution in [0.4, 0.5) is 5.69 Å². The summed E-state index contributed by atoms with van der Waals surface area (Å²) in [5, 5.41) is 0. The maximum Gasteiger partial charge on any atom is 0.265 e. The first-order valence-corrected chi connectivity index (χ1v) is 10.5. The number of amides is 2. The zero-order valence-electron chi connectivity index (χ0n) is 17.5. The summed E-state index contributed by atoms with van der Waals surface area (Å²) in [5.74, 6) is 2.00. The normalized spacial score (nSPS) is 18.0. The smallest absolute Gasteiger partial charge is 0.265 e. The summed E-state index contributed by atoms with van der Waals surface area (Å²) < 4.78 is 16.4. The summed E-state index contributed by atoms with van der Waals surface area (Å²) in [4.78, 5) is 31.0. The van der Waals surface area contributed by atoms with Crippen molar-refractivity contribution in [2.24, 2.45) is 0 Å². The number of ether oxygens (including phenoxy) is 3. The Balaban J connectivity index is 1.18. The molecule has 0 aromatic heterocycles. The van der Waals surface area contributed by atoms with Gasteiger partial charge in [0.15, 0.2) is 18.1 Å². The van der Waals surface area contributed by atoms with Crippen LogP contribution in [0, 0.1) is 6.92 Å². The number of nitrogens with zero attached hydrogens (tertiary/aromatic N) is 3. The number of piperazine rings is 1. The highest BCUT2D eigenvalue weighted by molar-refractivity contribution is 6.02. The zero-order chi connectivity index (χ0) is 21.4. The van der Waals surface area contributed by atoms with E-state index in [-0.39, 0.29) is 31.8 Å². The molecule has 162 valence electrons. The number of anilines is 1. The minimum atomic E-state index is -0.189. The van der Waals surface area contributed by atoms with E-state index in [9.17, 15) is 9.59 Å². The molecule has 2 aromatic rings. The van der Waals surface area contributed by atoms with E-state index in [4.69, 9.17) is 14.2 Å². The lowest BCUT2D eigenvalue weighted by molar-refractivity contribution is -0.133. The van der Waals surface area contributed by atoms with Crippen LogP contribution in [0.2, 0.25) is 0 Å². The number of hydrogen-bond donors (Lipinski definition) is 0. The molecule has 8 heteroatoms. The van der Waals surface area contributed by atoms with Crippen molar-refractivity contribution in [2.45, 2.75) is 13.5 Å². The third-order valence-corrected chi connectivity index (χ3v) is 5.92. The van der Waals surface area contributed by atoms with E-state index in [0.717, 1.165) is 42.3 Å². The molecular weight excluding hydrogens is 398 g/mol. The second-order valence-corrected chi connectivity index (χ2v) is 8.08. The third-order valence-electron chi connectivity index (χ3n) is 5.92. The fourth-order valence-corrected chi connectivity index (χ4v) is 4.17. The van der Waals surface area contributed by atoms with Crippen LogP contribution in [0.25, 0.3) is 0 Å². The number of carbonyl (C=O) groups excluding carboxylic acids is 2. The van der Waals surface area contributed by atoms with E-state index in [1.54, 1.807) is 4.90 Å². The van der Waals surface area contributed by atoms with Gasteiger partial charge >= 0.3 is 0 Å². The summed E-state index contributed by atoms with van der Waals surface area (Å²) in [6.07, 6.45) is 0. The molecule has 3 aliphatic rings. The fourth-order valence-electron chi connectivity index (χ4n) is 4.17. The maximum absolute atomic E-state index is 12.9. The van der Waals surface area contributed by atoms with Crippen LogP contribution < -0.4 is 19.1 Å². The average Bonchev–Trinajstić information content (AvgIpc) is 3.24. The van der Waals surface area contributed by atoms with Crippen molar-refractivity contribution in [2.75, 3.05) is 51.0 Å². The van der Waals surface area contributed by atoms with Gasteiger partial charge in [0.1, 0.15) is 12.3 Å². The van der Waals surface area contributed by atoms with Gasteiger partial charge < -0.3 is 19.1 Å². The summed E-state index contributed by atoms with van der Waals surface area (Å²) in [6.45, 7) is 5.90. The Bertz CT molecular complexity index is 1020. The summed E-state index contributed by atoms with van der Waals surface area (Å²) in [6, 6.07) is 11.7. The first-order valence-electron chi connectivity index (χ1n) is 10.5. The summed E-state index contributed by atoms with van der Waals surface area (Å²) in [5.41, 5.74) is 2.88. The number of benzene rings is 2. The van der Waals surface area contributed by atoms with Gasteiger partial charge in [0.2, 0.25) is 12.7 Å². The van der Waals surface area contributed by atoms with E-state index < -0.39 is 0 Å². The average molecular weight is 423 g/mol. The van der Waals surface area contributed by atoms with Crippen LogP contribution in [0.15, 0.2) is 36.4 Å². The SMILES string of the molecule is Cc1ccc2c(c1)OCC(=O)N2CC(=O)N1CCN(Cc2ccc3c(c2)OCO3)CC1. The molecule has 2 amide bonds. The second-order valence-electron chi connectivity index (χ2n) is 8.08. The van der Waals surface area contributed by atoms with Gasteiger partial charge in [-0.2, -0.15) is 0 Å². The van der Waals surface area contributed by atoms with Gasteiger partial charge in [-0.3, -0.25) is 19.4 Å². The van der Waals surface area contributed by atoms with Crippen LogP contribution in [0.3, 0.4) is 0 Å². The Kier molecular flexibility index (Phi) is 5.15. The Morgan fingerprint density at radius 2 is 1.74 bits per heavy atom. The number of rotatable bonds is 4. The monoisotopic (exact) mass is 423 g/mol. The maximum atomic E-state index is 12.9. The van der Waals surface area contributed by atoms with Gasteiger partial charge in [-0.25, -0.2) is 0 Å².